The molecule has 0 aromatic heterocycles. The zero-order valence-electron chi connectivity index (χ0n) is 14.2. The lowest BCUT2D eigenvalue weighted by Crippen LogP contribution is -2.52. The molecule has 0 unspecified atom stereocenters. The lowest BCUT2D eigenvalue weighted by atomic mass is 10.0. The van der Waals surface area contributed by atoms with Crippen LogP contribution in [-0.4, -0.2) is 57.2 Å². The van der Waals surface area contributed by atoms with Crippen molar-refractivity contribution in [2.45, 2.75) is 25.0 Å². The Hall–Kier alpha value is -1.99. The number of nitrogens with one attached hydrogen (secondary N) is 1. The number of urea groups is 1. The molecule has 0 radical (unpaired) electrons. The first-order valence-corrected chi connectivity index (χ1v) is 8.22. The van der Waals surface area contributed by atoms with Gasteiger partial charge in [0.15, 0.2) is 5.79 Å². The van der Waals surface area contributed by atoms with Gasteiger partial charge >= 0.3 is 6.03 Å². The molecule has 0 atom stereocenters. The van der Waals surface area contributed by atoms with Crippen molar-refractivity contribution in [1.82, 2.24) is 4.90 Å². The Labute approximate surface area is 141 Å². The fourth-order valence-corrected chi connectivity index (χ4v) is 3.05. The molecule has 2 aliphatic heterocycles. The van der Waals surface area contributed by atoms with Crippen LogP contribution in [0.25, 0.3) is 0 Å². The van der Waals surface area contributed by atoms with Crippen LogP contribution in [0.15, 0.2) is 18.2 Å². The van der Waals surface area contributed by atoms with E-state index in [1.54, 1.807) is 37.3 Å². The summed E-state index contributed by atoms with van der Waals surface area (Å²) in [6, 6.07) is 5.15. The van der Waals surface area contributed by atoms with Crippen LogP contribution in [0.5, 0.6) is 11.5 Å². The first kappa shape index (κ1) is 16.9. The molecule has 7 nitrogen and oxygen atoms in total. The summed E-state index contributed by atoms with van der Waals surface area (Å²) in [6.45, 7) is 2.67. The van der Waals surface area contributed by atoms with Gasteiger partial charge in [0.05, 0.1) is 33.1 Å². The molecule has 24 heavy (non-hydrogen) atoms. The van der Waals surface area contributed by atoms with E-state index in [0.717, 1.165) is 19.6 Å². The van der Waals surface area contributed by atoms with Crippen LogP contribution in [0.1, 0.15) is 19.3 Å². The Bertz CT molecular complexity index is 576. The van der Waals surface area contributed by atoms with Gasteiger partial charge in [0, 0.05) is 32.0 Å². The van der Waals surface area contributed by atoms with Gasteiger partial charge < -0.3 is 29.2 Å². The molecule has 3 rings (SSSR count). The maximum Gasteiger partial charge on any atom is 0.321 e. The van der Waals surface area contributed by atoms with E-state index in [-0.39, 0.29) is 6.03 Å². The van der Waals surface area contributed by atoms with Gasteiger partial charge in [-0.25, -0.2) is 4.79 Å². The van der Waals surface area contributed by atoms with Gasteiger partial charge in [-0.1, -0.05) is 0 Å². The van der Waals surface area contributed by atoms with Crippen molar-refractivity contribution in [3.63, 3.8) is 0 Å². The number of ether oxygens (including phenoxy) is 4. The molecule has 1 aromatic carbocycles. The highest BCUT2D eigenvalue weighted by Crippen LogP contribution is 2.32. The Morgan fingerprint density at radius 2 is 1.88 bits per heavy atom. The van der Waals surface area contributed by atoms with E-state index in [9.17, 15) is 4.79 Å². The number of likely N-dealkylation sites (tertiary alicyclic amines) is 1. The Morgan fingerprint density at radius 1 is 1.17 bits per heavy atom. The minimum Gasteiger partial charge on any atom is -0.497 e. The second kappa shape index (κ2) is 7.27. The molecule has 2 fully saturated rings. The SMILES string of the molecule is COc1ccc(NC(=O)N2CCC3(CC2)OCCCO3)c(OC)c1. The largest absolute Gasteiger partial charge is 0.497 e. The van der Waals surface area contributed by atoms with Crippen LogP contribution in [0.3, 0.4) is 0 Å². The van der Waals surface area contributed by atoms with Crippen molar-refractivity contribution in [3.8, 4) is 11.5 Å². The van der Waals surface area contributed by atoms with Crippen molar-refractivity contribution in [2.24, 2.45) is 0 Å². The fourth-order valence-electron chi connectivity index (χ4n) is 3.05. The van der Waals surface area contributed by atoms with Gasteiger partial charge in [-0.3, -0.25) is 0 Å². The monoisotopic (exact) mass is 336 g/mol. The molecule has 1 aromatic rings. The standard InChI is InChI=1S/C17H24N2O5/c1-21-13-4-5-14(15(12-13)22-2)18-16(20)19-8-6-17(7-9-19)23-10-3-11-24-17/h4-5,12H,3,6-11H2,1-2H3,(H,18,20). The number of piperidine rings is 1. The van der Waals surface area contributed by atoms with Crippen LogP contribution in [-0.2, 0) is 9.47 Å². The highest BCUT2D eigenvalue weighted by atomic mass is 16.7. The van der Waals surface area contributed by atoms with Gasteiger partial charge in [-0.2, -0.15) is 0 Å². The van der Waals surface area contributed by atoms with Crippen molar-refractivity contribution in [1.29, 1.82) is 0 Å². The number of carbonyl (C=O) groups is 1. The molecule has 2 amide bonds. The normalized spacial score (nSPS) is 19.8. The third-order valence-electron chi connectivity index (χ3n) is 4.48. The number of hydrogen-bond acceptors (Lipinski definition) is 5. The molecule has 1 spiro atoms. The number of hydrogen-bond donors (Lipinski definition) is 1. The topological polar surface area (TPSA) is 69.3 Å². The average Bonchev–Trinajstić information content (AvgIpc) is 2.63. The summed E-state index contributed by atoms with van der Waals surface area (Å²) >= 11 is 0. The Morgan fingerprint density at radius 3 is 2.50 bits per heavy atom. The number of benzene rings is 1. The van der Waals surface area contributed by atoms with Gasteiger partial charge in [-0.15, -0.1) is 0 Å². The zero-order valence-corrected chi connectivity index (χ0v) is 14.2. The van der Waals surface area contributed by atoms with Crippen LogP contribution in [0, 0.1) is 0 Å². The predicted octanol–water partition coefficient (Wildman–Crippen LogP) is 2.46. The van der Waals surface area contributed by atoms with Gasteiger partial charge in [0.1, 0.15) is 11.5 Å². The zero-order chi connectivity index (χ0) is 17.0. The molecule has 7 heteroatoms. The van der Waals surface area contributed by atoms with Crippen molar-refractivity contribution >= 4 is 11.7 Å². The van der Waals surface area contributed by atoms with E-state index in [4.69, 9.17) is 18.9 Å². The van der Waals surface area contributed by atoms with Gasteiger partial charge in [0.25, 0.3) is 0 Å². The van der Waals surface area contributed by atoms with E-state index < -0.39 is 5.79 Å². The second-order valence-corrected chi connectivity index (χ2v) is 5.94. The molecule has 2 heterocycles. The average molecular weight is 336 g/mol. The minimum atomic E-state index is -0.493. The van der Waals surface area contributed by atoms with E-state index >= 15 is 0 Å². The summed E-state index contributed by atoms with van der Waals surface area (Å²) in [4.78, 5) is 14.3. The Balaban J connectivity index is 1.60. The van der Waals surface area contributed by atoms with Crippen molar-refractivity contribution in [3.05, 3.63) is 18.2 Å². The number of amides is 2. The molecule has 0 saturated carbocycles. The smallest absolute Gasteiger partial charge is 0.321 e. The fraction of sp³-hybridized carbons (Fsp3) is 0.588. The molecular weight excluding hydrogens is 312 g/mol. The number of rotatable bonds is 3. The van der Waals surface area contributed by atoms with Crippen LogP contribution >= 0.6 is 0 Å². The summed E-state index contributed by atoms with van der Waals surface area (Å²) in [6.07, 6.45) is 2.32. The summed E-state index contributed by atoms with van der Waals surface area (Å²) in [5.74, 6) is 0.749. The summed E-state index contributed by atoms with van der Waals surface area (Å²) in [5, 5.41) is 2.90. The maximum absolute atomic E-state index is 12.5. The van der Waals surface area contributed by atoms with Crippen LogP contribution < -0.4 is 14.8 Å². The number of carbonyl (C=O) groups excluding carboxylic acids is 1. The van der Waals surface area contributed by atoms with E-state index in [0.29, 0.717) is 43.1 Å². The lowest BCUT2D eigenvalue weighted by Gasteiger charge is -2.43. The first-order chi connectivity index (χ1) is 11.7. The molecule has 1 N–H and O–H groups in total. The Kier molecular flexibility index (Phi) is 5.11. The lowest BCUT2D eigenvalue weighted by molar-refractivity contribution is -0.281. The predicted molar refractivity (Wildman–Crippen MR) is 88.6 cm³/mol. The maximum atomic E-state index is 12.5. The third kappa shape index (κ3) is 3.57. The molecule has 0 aliphatic carbocycles. The van der Waals surface area contributed by atoms with Crippen LogP contribution in [0.4, 0.5) is 10.5 Å². The van der Waals surface area contributed by atoms with E-state index in [1.165, 1.54) is 0 Å². The van der Waals surface area contributed by atoms with Crippen molar-refractivity contribution in [2.75, 3.05) is 45.8 Å². The number of methoxy groups -OCH3 is 2. The van der Waals surface area contributed by atoms with Crippen molar-refractivity contribution < 1.29 is 23.7 Å². The first-order valence-electron chi connectivity index (χ1n) is 8.22. The van der Waals surface area contributed by atoms with Gasteiger partial charge in [-0.05, 0) is 18.6 Å². The second-order valence-electron chi connectivity index (χ2n) is 5.94. The third-order valence-corrected chi connectivity index (χ3v) is 4.48. The molecule has 2 aliphatic rings. The van der Waals surface area contributed by atoms with E-state index in [1.807, 2.05) is 0 Å². The molecule has 2 saturated heterocycles. The van der Waals surface area contributed by atoms with Crippen LogP contribution in [0.2, 0.25) is 0 Å². The number of anilines is 1. The molecule has 132 valence electrons. The molecular formula is C17H24N2O5. The minimum absolute atomic E-state index is 0.149. The summed E-state index contributed by atoms with van der Waals surface area (Å²) < 4.78 is 22.1. The summed E-state index contributed by atoms with van der Waals surface area (Å²) in [5.41, 5.74) is 0.619. The highest BCUT2D eigenvalue weighted by Gasteiger charge is 2.39. The molecule has 0 bridgehead atoms. The quantitative estimate of drug-likeness (QED) is 0.918. The van der Waals surface area contributed by atoms with E-state index in [2.05, 4.69) is 5.32 Å². The van der Waals surface area contributed by atoms with Gasteiger partial charge in [0.2, 0.25) is 0 Å². The highest BCUT2D eigenvalue weighted by molar-refractivity contribution is 5.91. The number of nitrogens with zero attached hydrogens (tertiary/aromatic N) is 1. The summed E-state index contributed by atoms with van der Waals surface area (Å²) in [7, 11) is 3.15.